The fourth-order valence-corrected chi connectivity index (χ4v) is 5.66. The summed E-state index contributed by atoms with van der Waals surface area (Å²) in [5.41, 5.74) is 4.82. The highest BCUT2D eigenvalue weighted by Gasteiger charge is 2.50. The van der Waals surface area contributed by atoms with Crippen molar-refractivity contribution in [3.05, 3.63) is 102 Å². The van der Waals surface area contributed by atoms with Crippen LogP contribution in [0.25, 0.3) is 16.8 Å². The molecular formula is C34H30F2N6O4. The topological polar surface area (TPSA) is 110 Å². The van der Waals surface area contributed by atoms with Gasteiger partial charge in [-0.05, 0) is 65.7 Å². The van der Waals surface area contributed by atoms with Gasteiger partial charge in [-0.1, -0.05) is 24.3 Å². The minimum Gasteiger partial charge on any atom is -0.489 e. The number of hydrogen-bond acceptors (Lipinski definition) is 7. The number of halogens is 2. The predicted octanol–water partition coefficient (Wildman–Crippen LogP) is 5.28. The molecule has 2 aliphatic heterocycles. The number of alkyl halides is 1. The van der Waals surface area contributed by atoms with Crippen LogP contribution in [0.15, 0.2) is 85.1 Å². The van der Waals surface area contributed by atoms with Gasteiger partial charge in [0.15, 0.2) is 5.65 Å². The Morgan fingerprint density at radius 2 is 1.72 bits per heavy atom. The number of ether oxygens (including phenoxy) is 2. The van der Waals surface area contributed by atoms with E-state index in [0.717, 1.165) is 16.7 Å². The van der Waals surface area contributed by atoms with Crippen LogP contribution >= 0.6 is 0 Å². The molecule has 0 unspecified atom stereocenters. The molecule has 2 N–H and O–H groups in total. The molecule has 2 fully saturated rings. The Labute approximate surface area is 263 Å². The average Bonchev–Trinajstić information content (AvgIpc) is 3.42. The molecule has 0 aliphatic carbocycles. The van der Waals surface area contributed by atoms with Crippen LogP contribution in [0.5, 0.6) is 5.75 Å². The highest BCUT2D eigenvalue weighted by Crippen LogP contribution is 2.39. The Bertz CT molecular complexity index is 1900. The Morgan fingerprint density at radius 3 is 2.43 bits per heavy atom. The van der Waals surface area contributed by atoms with Gasteiger partial charge in [0.1, 0.15) is 24.8 Å². The number of nitrogens with zero attached hydrogens (tertiary/aromatic N) is 4. The maximum atomic E-state index is 13.1. The summed E-state index contributed by atoms with van der Waals surface area (Å²) in [5.74, 6) is -0.0143. The molecule has 3 aromatic carbocycles. The van der Waals surface area contributed by atoms with Crippen LogP contribution in [0, 0.1) is 11.2 Å². The molecule has 2 amide bonds. The molecule has 12 heteroatoms. The first-order valence-corrected chi connectivity index (χ1v) is 14.8. The van der Waals surface area contributed by atoms with Gasteiger partial charge in [-0.15, -0.1) is 5.10 Å². The third kappa shape index (κ3) is 6.11. The van der Waals surface area contributed by atoms with E-state index in [0.29, 0.717) is 60.6 Å². The molecule has 2 saturated heterocycles. The largest absolute Gasteiger partial charge is 0.489 e. The molecular weight excluding hydrogens is 594 g/mol. The summed E-state index contributed by atoms with van der Waals surface area (Å²) >= 11 is 0. The quantitative estimate of drug-likeness (QED) is 0.218. The van der Waals surface area contributed by atoms with Crippen LogP contribution in [-0.2, 0) is 16.0 Å². The monoisotopic (exact) mass is 624 g/mol. The normalized spacial score (nSPS) is 14.9. The molecule has 2 aliphatic rings. The average molecular weight is 625 g/mol. The van der Waals surface area contributed by atoms with Gasteiger partial charge in [0.25, 0.3) is 5.91 Å². The van der Waals surface area contributed by atoms with Gasteiger partial charge in [0.05, 0.1) is 30.7 Å². The van der Waals surface area contributed by atoms with Gasteiger partial charge in [0.2, 0.25) is 11.9 Å². The van der Waals surface area contributed by atoms with Crippen molar-refractivity contribution >= 4 is 34.8 Å². The third-order valence-electron chi connectivity index (χ3n) is 8.08. The second-order valence-electron chi connectivity index (χ2n) is 11.6. The molecule has 1 spiro atoms. The first kappa shape index (κ1) is 29.4. The number of aromatic nitrogens is 3. The Morgan fingerprint density at radius 1 is 0.957 bits per heavy atom. The molecule has 234 valence electrons. The Kier molecular flexibility index (Phi) is 7.79. The van der Waals surface area contributed by atoms with Gasteiger partial charge < -0.3 is 25.0 Å². The zero-order chi connectivity index (χ0) is 31.7. The number of fused-ring (bicyclic) bond motifs is 1. The molecule has 10 nitrogen and oxygen atoms in total. The van der Waals surface area contributed by atoms with Gasteiger partial charge in [-0.25, -0.2) is 13.3 Å². The number of likely N-dealkylation sites (tertiary alicyclic amines) is 1. The number of hydrogen-bond donors (Lipinski definition) is 2. The van der Waals surface area contributed by atoms with Crippen molar-refractivity contribution < 1.29 is 27.8 Å². The summed E-state index contributed by atoms with van der Waals surface area (Å²) in [5, 5.41) is 10.6. The van der Waals surface area contributed by atoms with Crippen molar-refractivity contribution in [2.24, 2.45) is 5.41 Å². The van der Waals surface area contributed by atoms with E-state index in [1.165, 1.54) is 12.1 Å². The standard InChI is InChI=1S/C34H30F2N6O4/c35-13-14-46-29-16-24(32(44)41-18-34(19-41)20-45-21-34)5-11-28(29)38-33-39-30-12-6-25(17-42(30)40-33)23-3-9-27(10-4-23)37-31(43)15-22-1-7-26(36)8-2-22/h1-12,16-17H,13-15,18-21H2,(H,37,43)(H,38,40). The third-order valence-corrected chi connectivity index (χ3v) is 8.08. The lowest BCUT2D eigenvalue weighted by molar-refractivity contribution is -0.176. The zero-order valence-electron chi connectivity index (χ0n) is 24.7. The van der Waals surface area contributed by atoms with Crippen molar-refractivity contribution in [1.29, 1.82) is 0 Å². The maximum absolute atomic E-state index is 13.1. The van der Waals surface area contributed by atoms with Crippen LogP contribution in [-0.4, -0.2) is 70.9 Å². The number of carbonyl (C=O) groups is 2. The number of benzene rings is 3. The van der Waals surface area contributed by atoms with Crippen LogP contribution in [0.3, 0.4) is 0 Å². The second-order valence-corrected chi connectivity index (χ2v) is 11.6. The van der Waals surface area contributed by atoms with Gasteiger partial charge in [-0.2, -0.15) is 4.98 Å². The van der Waals surface area contributed by atoms with Crippen molar-refractivity contribution in [1.82, 2.24) is 19.5 Å². The smallest absolute Gasteiger partial charge is 0.254 e. The summed E-state index contributed by atoms with van der Waals surface area (Å²) in [6.07, 6.45) is 1.98. The lowest BCUT2D eigenvalue weighted by Gasteiger charge is -2.54. The lowest BCUT2D eigenvalue weighted by atomic mass is 9.78. The molecule has 5 aromatic rings. The minimum atomic E-state index is -0.676. The highest BCUT2D eigenvalue weighted by molar-refractivity contribution is 5.96. The van der Waals surface area contributed by atoms with Crippen molar-refractivity contribution in [3.63, 3.8) is 0 Å². The molecule has 0 bridgehead atoms. The van der Waals surface area contributed by atoms with E-state index in [-0.39, 0.29) is 36.1 Å². The Balaban J connectivity index is 1.03. The van der Waals surface area contributed by atoms with Crippen molar-refractivity contribution in [2.75, 3.05) is 50.2 Å². The van der Waals surface area contributed by atoms with E-state index < -0.39 is 6.67 Å². The molecule has 0 atom stereocenters. The zero-order valence-corrected chi connectivity index (χ0v) is 24.7. The van der Waals surface area contributed by atoms with Crippen LogP contribution in [0.2, 0.25) is 0 Å². The molecule has 4 heterocycles. The van der Waals surface area contributed by atoms with E-state index in [1.807, 2.05) is 42.6 Å². The first-order valence-electron chi connectivity index (χ1n) is 14.8. The number of anilines is 3. The minimum absolute atomic E-state index is 0.104. The van der Waals surface area contributed by atoms with Crippen molar-refractivity contribution in [2.45, 2.75) is 6.42 Å². The number of carbonyl (C=O) groups excluding carboxylic acids is 2. The van der Waals surface area contributed by atoms with E-state index in [4.69, 9.17) is 9.47 Å². The fraction of sp³-hybridized carbons (Fsp3) is 0.235. The highest BCUT2D eigenvalue weighted by atomic mass is 19.1. The summed E-state index contributed by atoms with van der Waals surface area (Å²) in [6, 6.07) is 22.0. The summed E-state index contributed by atoms with van der Waals surface area (Å²) < 4.78 is 38.7. The maximum Gasteiger partial charge on any atom is 0.254 e. The molecule has 7 rings (SSSR count). The number of amides is 2. The van der Waals surface area contributed by atoms with E-state index >= 15 is 0 Å². The van der Waals surface area contributed by atoms with Gasteiger partial charge in [0, 0.05) is 36.1 Å². The van der Waals surface area contributed by atoms with E-state index in [9.17, 15) is 18.4 Å². The molecule has 0 radical (unpaired) electrons. The summed E-state index contributed by atoms with van der Waals surface area (Å²) in [6.45, 7) is 1.87. The van der Waals surface area contributed by atoms with Gasteiger partial charge >= 0.3 is 0 Å². The van der Waals surface area contributed by atoms with Crippen molar-refractivity contribution in [3.8, 4) is 16.9 Å². The number of pyridine rings is 1. The van der Waals surface area contributed by atoms with Gasteiger partial charge in [-0.3, -0.25) is 9.59 Å². The molecule has 0 saturated carbocycles. The SMILES string of the molecule is O=C(Cc1ccc(F)cc1)Nc1ccc(-c2ccc3nc(Nc4ccc(C(=O)N5CC6(COC6)C5)cc4OCCF)nn3c2)cc1. The summed E-state index contributed by atoms with van der Waals surface area (Å²) in [4.78, 5) is 31.8. The molecule has 2 aromatic heterocycles. The first-order chi connectivity index (χ1) is 22.4. The van der Waals surface area contributed by atoms with E-state index in [2.05, 4.69) is 20.7 Å². The van der Waals surface area contributed by atoms with Crippen LogP contribution in [0.1, 0.15) is 15.9 Å². The lowest BCUT2D eigenvalue weighted by Crippen LogP contribution is -2.67. The predicted molar refractivity (Wildman–Crippen MR) is 168 cm³/mol. The van der Waals surface area contributed by atoms with Crippen LogP contribution in [0.4, 0.5) is 26.1 Å². The fourth-order valence-electron chi connectivity index (χ4n) is 5.66. The number of nitrogens with one attached hydrogen (secondary N) is 2. The second kappa shape index (κ2) is 12.2. The Hall–Kier alpha value is -5.36. The number of rotatable bonds is 10. The van der Waals surface area contributed by atoms with Crippen LogP contribution < -0.4 is 15.4 Å². The van der Waals surface area contributed by atoms with E-state index in [1.54, 1.807) is 39.7 Å². The molecule has 46 heavy (non-hydrogen) atoms. The summed E-state index contributed by atoms with van der Waals surface area (Å²) in [7, 11) is 0.